The topological polar surface area (TPSA) is 55.1 Å². The van der Waals surface area contributed by atoms with Gasteiger partial charge in [-0.2, -0.15) is 0 Å². The van der Waals surface area contributed by atoms with Crippen molar-refractivity contribution >= 4 is 33.7 Å². The highest BCUT2D eigenvalue weighted by Crippen LogP contribution is 2.25. The van der Waals surface area contributed by atoms with Crippen LogP contribution >= 0.6 is 27.7 Å². The van der Waals surface area contributed by atoms with Gasteiger partial charge in [-0.05, 0) is 24.6 Å². The molecular weight excluding hydrogens is 328 g/mol. The summed E-state index contributed by atoms with van der Waals surface area (Å²) in [6.07, 6.45) is 2.64. The number of carboxylic acid groups (broad SMARTS) is 1. The molecule has 1 aromatic carbocycles. The molecule has 0 unspecified atom stereocenters. The SMILES string of the molecule is CCc1cnc(SCC(=O)O)n1-c1cccc(Br)c1. The van der Waals surface area contributed by atoms with Gasteiger partial charge in [0, 0.05) is 22.1 Å². The maximum Gasteiger partial charge on any atom is 0.313 e. The van der Waals surface area contributed by atoms with Crippen LogP contribution in [0.4, 0.5) is 0 Å². The van der Waals surface area contributed by atoms with Crippen LogP contribution in [0.3, 0.4) is 0 Å². The molecule has 2 rings (SSSR count). The van der Waals surface area contributed by atoms with E-state index in [9.17, 15) is 4.79 Å². The van der Waals surface area contributed by atoms with E-state index in [2.05, 4.69) is 27.8 Å². The molecule has 1 N–H and O–H groups in total. The molecule has 6 heteroatoms. The second kappa shape index (κ2) is 6.25. The van der Waals surface area contributed by atoms with E-state index in [0.717, 1.165) is 22.3 Å². The van der Waals surface area contributed by atoms with Crippen LogP contribution in [0.15, 0.2) is 40.1 Å². The molecule has 0 saturated carbocycles. The number of rotatable bonds is 5. The number of aromatic nitrogens is 2. The number of imidazole rings is 1. The van der Waals surface area contributed by atoms with Crippen molar-refractivity contribution in [2.75, 3.05) is 5.75 Å². The van der Waals surface area contributed by atoms with Crippen LogP contribution in [0.25, 0.3) is 5.69 Å². The Morgan fingerprint density at radius 3 is 2.95 bits per heavy atom. The lowest BCUT2D eigenvalue weighted by Gasteiger charge is -2.10. The van der Waals surface area contributed by atoms with Crippen LogP contribution in [-0.2, 0) is 11.2 Å². The van der Waals surface area contributed by atoms with Crippen LogP contribution in [0.1, 0.15) is 12.6 Å². The predicted octanol–water partition coefficient (Wildman–Crippen LogP) is 3.37. The third-order valence-corrected chi connectivity index (χ3v) is 3.99. The maximum atomic E-state index is 10.7. The highest BCUT2D eigenvalue weighted by Gasteiger charge is 2.12. The lowest BCUT2D eigenvalue weighted by atomic mass is 10.3. The van der Waals surface area contributed by atoms with Crippen molar-refractivity contribution in [3.05, 3.63) is 40.6 Å². The standard InChI is InChI=1S/C13H13BrN2O2S/c1-2-10-7-15-13(19-8-12(17)18)16(10)11-5-3-4-9(14)6-11/h3-7H,2,8H2,1H3,(H,17,18). The summed E-state index contributed by atoms with van der Waals surface area (Å²) >= 11 is 4.68. The number of nitrogens with zero attached hydrogens (tertiary/aromatic N) is 2. The van der Waals surface area contributed by atoms with Crippen molar-refractivity contribution in [3.8, 4) is 5.69 Å². The lowest BCUT2D eigenvalue weighted by Crippen LogP contribution is -2.04. The van der Waals surface area contributed by atoms with Crippen LogP contribution in [-0.4, -0.2) is 26.4 Å². The average Bonchev–Trinajstić information content (AvgIpc) is 2.79. The zero-order valence-corrected chi connectivity index (χ0v) is 12.7. The van der Waals surface area contributed by atoms with Crippen molar-refractivity contribution in [3.63, 3.8) is 0 Å². The number of hydrogen-bond donors (Lipinski definition) is 1. The van der Waals surface area contributed by atoms with Crippen LogP contribution in [0.2, 0.25) is 0 Å². The number of thioether (sulfide) groups is 1. The zero-order valence-electron chi connectivity index (χ0n) is 10.3. The van der Waals surface area contributed by atoms with E-state index < -0.39 is 5.97 Å². The van der Waals surface area contributed by atoms with Crippen LogP contribution in [0, 0.1) is 0 Å². The molecule has 4 nitrogen and oxygen atoms in total. The summed E-state index contributed by atoms with van der Waals surface area (Å²) in [7, 11) is 0. The van der Waals surface area contributed by atoms with Crippen molar-refractivity contribution in [1.82, 2.24) is 9.55 Å². The second-order valence-electron chi connectivity index (χ2n) is 3.88. The molecule has 0 fully saturated rings. The molecule has 0 aliphatic heterocycles. The van der Waals surface area contributed by atoms with Gasteiger partial charge in [0.2, 0.25) is 0 Å². The molecule has 19 heavy (non-hydrogen) atoms. The summed E-state index contributed by atoms with van der Waals surface area (Å²) in [4.78, 5) is 15.0. The van der Waals surface area contributed by atoms with Gasteiger partial charge in [-0.15, -0.1) is 0 Å². The highest BCUT2D eigenvalue weighted by atomic mass is 79.9. The van der Waals surface area contributed by atoms with Gasteiger partial charge in [-0.25, -0.2) is 4.98 Å². The lowest BCUT2D eigenvalue weighted by molar-refractivity contribution is -0.133. The molecule has 0 aliphatic carbocycles. The maximum absolute atomic E-state index is 10.7. The van der Waals surface area contributed by atoms with E-state index in [-0.39, 0.29) is 5.75 Å². The number of carboxylic acids is 1. The van der Waals surface area contributed by atoms with Crippen molar-refractivity contribution in [2.45, 2.75) is 18.5 Å². The summed E-state index contributed by atoms with van der Waals surface area (Å²) in [6, 6.07) is 7.88. The molecule has 0 bridgehead atoms. The molecule has 100 valence electrons. The van der Waals surface area contributed by atoms with Gasteiger partial charge >= 0.3 is 5.97 Å². The fourth-order valence-corrected chi connectivity index (χ4v) is 2.86. The quantitative estimate of drug-likeness (QED) is 0.847. The fraction of sp³-hybridized carbons (Fsp3) is 0.231. The largest absolute Gasteiger partial charge is 0.481 e. The Bertz CT molecular complexity index is 598. The van der Waals surface area contributed by atoms with Crippen molar-refractivity contribution in [2.24, 2.45) is 0 Å². The third-order valence-electron chi connectivity index (χ3n) is 2.56. The summed E-state index contributed by atoms with van der Waals surface area (Å²) in [6.45, 7) is 2.05. The molecule has 1 aromatic heterocycles. The van der Waals surface area contributed by atoms with E-state index in [0.29, 0.717) is 5.16 Å². The highest BCUT2D eigenvalue weighted by molar-refractivity contribution is 9.10. The summed E-state index contributed by atoms with van der Waals surface area (Å²) in [5.41, 5.74) is 2.04. The van der Waals surface area contributed by atoms with Crippen molar-refractivity contribution in [1.29, 1.82) is 0 Å². The van der Waals surface area contributed by atoms with E-state index in [1.807, 2.05) is 28.8 Å². The molecule has 0 spiro atoms. The van der Waals surface area contributed by atoms with Gasteiger partial charge in [-0.3, -0.25) is 9.36 Å². The first kappa shape index (κ1) is 14.1. The van der Waals surface area contributed by atoms with Gasteiger partial charge in [0.15, 0.2) is 5.16 Å². The van der Waals surface area contributed by atoms with Gasteiger partial charge in [-0.1, -0.05) is 40.7 Å². The number of hydrogen-bond acceptors (Lipinski definition) is 3. The number of aliphatic carboxylic acids is 1. The van der Waals surface area contributed by atoms with Gasteiger partial charge in [0.05, 0.1) is 5.75 Å². The summed E-state index contributed by atoms with van der Waals surface area (Å²) in [5, 5.41) is 9.48. The first-order valence-corrected chi connectivity index (χ1v) is 7.56. The minimum atomic E-state index is -0.841. The average molecular weight is 341 g/mol. The molecule has 2 aromatic rings. The molecule has 0 atom stereocenters. The van der Waals surface area contributed by atoms with Gasteiger partial charge in [0.25, 0.3) is 0 Å². The molecule has 1 heterocycles. The Hall–Kier alpha value is -1.27. The summed E-state index contributed by atoms with van der Waals surface area (Å²) < 4.78 is 2.98. The van der Waals surface area contributed by atoms with E-state index in [1.165, 1.54) is 11.8 Å². The molecule has 0 radical (unpaired) electrons. The second-order valence-corrected chi connectivity index (χ2v) is 5.74. The predicted molar refractivity (Wildman–Crippen MR) is 79.0 cm³/mol. The minimum absolute atomic E-state index is 0.00811. The van der Waals surface area contributed by atoms with Gasteiger partial charge < -0.3 is 5.11 Å². The number of benzene rings is 1. The molecule has 0 aliphatic rings. The smallest absolute Gasteiger partial charge is 0.313 e. The normalized spacial score (nSPS) is 10.6. The monoisotopic (exact) mass is 340 g/mol. The number of halogens is 1. The Balaban J connectivity index is 2.41. The molecule has 0 amide bonds. The Morgan fingerprint density at radius 1 is 1.53 bits per heavy atom. The summed E-state index contributed by atoms with van der Waals surface area (Å²) in [5.74, 6) is -0.833. The van der Waals surface area contributed by atoms with Crippen LogP contribution in [0.5, 0.6) is 0 Å². The number of carbonyl (C=O) groups is 1. The zero-order chi connectivity index (χ0) is 13.8. The minimum Gasteiger partial charge on any atom is -0.481 e. The third kappa shape index (κ3) is 3.39. The molecule has 0 saturated heterocycles. The first-order chi connectivity index (χ1) is 9.11. The van der Waals surface area contributed by atoms with E-state index in [4.69, 9.17) is 5.11 Å². The molecular formula is C13H13BrN2O2S. The first-order valence-electron chi connectivity index (χ1n) is 5.79. The van der Waals surface area contributed by atoms with E-state index in [1.54, 1.807) is 6.20 Å². The van der Waals surface area contributed by atoms with Crippen LogP contribution < -0.4 is 0 Å². The van der Waals surface area contributed by atoms with E-state index >= 15 is 0 Å². The fourth-order valence-electron chi connectivity index (χ4n) is 1.74. The Labute approximate surface area is 124 Å². The number of aryl methyl sites for hydroxylation is 1. The Morgan fingerprint density at radius 2 is 2.32 bits per heavy atom. The van der Waals surface area contributed by atoms with Gasteiger partial charge in [0.1, 0.15) is 0 Å². The van der Waals surface area contributed by atoms with Crippen molar-refractivity contribution < 1.29 is 9.90 Å². The Kier molecular flexibility index (Phi) is 4.66.